The molecule has 1 fully saturated rings. The second kappa shape index (κ2) is 7.57. The van der Waals surface area contributed by atoms with E-state index in [1.54, 1.807) is 6.21 Å². The summed E-state index contributed by atoms with van der Waals surface area (Å²) in [5.74, 6) is 0. The summed E-state index contributed by atoms with van der Waals surface area (Å²) in [5.41, 5.74) is 3.80. The summed E-state index contributed by atoms with van der Waals surface area (Å²) in [6.07, 6.45) is 4.23. The van der Waals surface area contributed by atoms with Gasteiger partial charge in [0.2, 0.25) is 0 Å². The number of benzene rings is 1. The van der Waals surface area contributed by atoms with E-state index in [0.29, 0.717) is 5.11 Å². The minimum absolute atomic E-state index is 0.272. The van der Waals surface area contributed by atoms with Gasteiger partial charge in [0.1, 0.15) is 0 Å². The second-order valence-corrected chi connectivity index (χ2v) is 5.59. The Morgan fingerprint density at radius 2 is 2.47 bits per heavy atom. The van der Waals surface area contributed by atoms with E-state index in [0.717, 1.165) is 36.0 Å². The van der Waals surface area contributed by atoms with Crippen molar-refractivity contribution in [2.45, 2.75) is 18.9 Å². The van der Waals surface area contributed by atoms with Crippen molar-refractivity contribution < 1.29 is 4.74 Å². The molecular weight excluding hydrogens is 326 g/mol. The molecule has 2 N–H and O–H groups in total. The molecule has 19 heavy (non-hydrogen) atoms. The maximum absolute atomic E-state index is 5.50. The zero-order valence-corrected chi connectivity index (χ0v) is 12.8. The van der Waals surface area contributed by atoms with Gasteiger partial charge < -0.3 is 10.1 Å². The number of nitrogens with zero attached hydrogens (tertiary/aromatic N) is 1. The highest BCUT2D eigenvalue weighted by molar-refractivity contribution is 9.10. The molecule has 1 aliphatic rings. The highest BCUT2D eigenvalue weighted by Crippen LogP contribution is 2.10. The lowest BCUT2D eigenvalue weighted by Gasteiger charge is -2.11. The number of thiocarbonyl (C=S) groups is 1. The fourth-order valence-electron chi connectivity index (χ4n) is 1.80. The first-order chi connectivity index (χ1) is 9.24. The third kappa shape index (κ3) is 5.26. The van der Waals surface area contributed by atoms with Gasteiger partial charge in [-0.3, -0.25) is 5.43 Å². The molecule has 1 aliphatic heterocycles. The molecule has 0 aliphatic carbocycles. The Bertz CT molecular complexity index is 461. The first kappa shape index (κ1) is 14.4. The largest absolute Gasteiger partial charge is 0.376 e. The van der Waals surface area contributed by atoms with E-state index in [9.17, 15) is 0 Å². The molecule has 0 amide bonds. The number of ether oxygens (including phenoxy) is 1. The van der Waals surface area contributed by atoms with Crippen molar-refractivity contribution in [2.75, 3.05) is 13.2 Å². The third-order valence-electron chi connectivity index (χ3n) is 2.74. The quantitative estimate of drug-likeness (QED) is 0.501. The number of halogens is 1. The van der Waals surface area contributed by atoms with Crippen LogP contribution in [-0.2, 0) is 4.74 Å². The molecule has 1 atom stereocenters. The summed E-state index contributed by atoms with van der Waals surface area (Å²) in [7, 11) is 0. The van der Waals surface area contributed by atoms with Gasteiger partial charge in [-0.25, -0.2) is 0 Å². The highest BCUT2D eigenvalue weighted by atomic mass is 79.9. The van der Waals surface area contributed by atoms with Crippen LogP contribution in [0, 0.1) is 0 Å². The van der Waals surface area contributed by atoms with Crippen LogP contribution in [-0.4, -0.2) is 30.6 Å². The van der Waals surface area contributed by atoms with Crippen LogP contribution in [0.1, 0.15) is 18.4 Å². The lowest BCUT2D eigenvalue weighted by atomic mass is 10.2. The van der Waals surface area contributed by atoms with E-state index >= 15 is 0 Å². The highest BCUT2D eigenvalue weighted by Gasteiger charge is 2.14. The van der Waals surface area contributed by atoms with Crippen molar-refractivity contribution in [3.05, 3.63) is 34.3 Å². The second-order valence-electron chi connectivity index (χ2n) is 4.27. The van der Waals surface area contributed by atoms with Crippen molar-refractivity contribution in [3.8, 4) is 0 Å². The van der Waals surface area contributed by atoms with Crippen LogP contribution in [0.3, 0.4) is 0 Å². The number of hydrazone groups is 1. The molecule has 0 spiro atoms. The topological polar surface area (TPSA) is 45.6 Å². The monoisotopic (exact) mass is 341 g/mol. The summed E-state index contributed by atoms with van der Waals surface area (Å²) in [6, 6.07) is 7.88. The molecule has 0 aromatic heterocycles. The Morgan fingerprint density at radius 3 is 3.21 bits per heavy atom. The number of rotatable bonds is 4. The third-order valence-corrected chi connectivity index (χ3v) is 3.47. The fraction of sp³-hybridized carbons (Fsp3) is 0.385. The molecule has 4 nitrogen and oxygen atoms in total. The molecule has 0 saturated carbocycles. The van der Waals surface area contributed by atoms with Crippen LogP contribution in [0.25, 0.3) is 0 Å². The summed E-state index contributed by atoms with van der Waals surface area (Å²) in [6.45, 7) is 1.59. The first-order valence-electron chi connectivity index (χ1n) is 6.18. The molecule has 0 radical (unpaired) electrons. The molecule has 1 saturated heterocycles. The maximum Gasteiger partial charge on any atom is 0.187 e. The molecule has 6 heteroatoms. The smallest absolute Gasteiger partial charge is 0.187 e. The van der Waals surface area contributed by atoms with Gasteiger partial charge in [0, 0.05) is 17.6 Å². The van der Waals surface area contributed by atoms with E-state index in [-0.39, 0.29) is 6.10 Å². The molecule has 2 rings (SSSR count). The molecule has 1 aromatic carbocycles. The van der Waals surface area contributed by atoms with Gasteiger partial charge in [-0.2, -0.15) is 5.10 Å². The van der Waals surface area contributed by atoms with Gasteiger partial charge in [0.25, 0.3) is 0 Å². The predicted molar refractivity (Wildman–Crippen MR) is 84.4 cm³/mol. The standard InChI is InChI=1S/C13H16BrN3OS/c14-11-4-1-3-10(7-11)8-16-17-13(19)15-9-12-5-2-6-18-12/h1,3-4,7-8,12H,2,5-6,9H2,(H2,15,17,19)/b16-8-/t12-/m0/s1. The van der Waals surface area contributed by atoms with Crippen LogP contribution in [0.5, 0.6) is 0 Å². The Labute approximate surface area is 126 Å². The zero-order valence-electron chi connectivity index (χ0n) is 10.4. The minimum atomic E-state index is 0.272. The van der Waals surface area contributed by atoms with E-state index in [1.807, 2.05) is 24.3 Å². The van der Waals surface area contributed by atoms with E-state index in [2.05, 4.69) is 31.8 Å². The lowest BCUT2D eigenvalue weighted by Crippen LogP contribution is -2.37. The van der Waals surface area contributed by atoms with Crippen LogP contribution >= 0.6 is 28.1 Å². The maximum atomic E-state index is 5.50. The van der Waals surface area contributed by atoms with Crippen LogP contribution in [0.4, 0.5) is 0 Å². The summed E-state index contributed by atoms with van der Waals surface area (Å²) < 4.78 is 6.52. The van der Waals surface area contributed by atoms with E-state index in [4.69, 9.17) is 17.0 Å². The Hall–Kier alpha value is -0.980. The zero-order chi connectivity index (χ0) is 13.5. The first-order valence-corrected chi connectivity index (χ1v) is 7.38. The number of hydrogen-bond acceptors (Lipinski definition) is 3. The van der Waals surface area contributed by atoms with Crippen molar-refractivity contribution in [1.29, 1.82) is 0 Å². The summed E-state index contributed by atoms with van der Waals surface area (Å²) in [4.78, 5) is 0. The average molecular weight is 342 g/mol. The van der Waals surface area contributed by atoms with Crippen LogP contribution in [0.2, 0.25) is 0 Å². The predicted octanol–water partition coefficient (Wildman–Crippen LogP) is 2.43. The molecule has 1 aromatic rings. The number of hydrogen-bond donors (Lipinski definition) is 2. The van der Waals surface area contributed by atoms with Crippen LogP contribution < -0.4 is 10.7 Å². The van der Waals surface area contributed by atoms with Gasteiger partial charge in [-0.05, 0) is 42.8 Å². The SMILES string of the molecule is S=C(NC[C@@H]1CCCO1)N/N=C\c1cccc(Br)c1. The van der Waals surface area contributed by atoms with Crippen molar-refractivity contribution >= 4 is 39.5 Å². The van der Waals surface area contributed by atoms with Gasteiger partial charge >= 0.3 is 0 Å². The number of nitrogens with one attached hydrogen (secondary N) is 2. The van der Waals surface area contributed by atoms with E-state index < -0.39 is 0 Å². The van der Waals surface area contributed by atoms with Gasteiger partial charge in [0.15, 0.2) is 5.11 Å². The van der Waals surface area contributed by atoms with Gasteiger partial charge in [-0.15, -0.1) is 0 Å². The molecule has 0 unspecified atom stereocenters. The molecule has 102 valence electrons. The molecular formula is C13H16BrN3OS. The van der Waals surface area contributed by atoms with Crippen LogP contribution in [0.15, 0.2) is 33.8 Å². The lowest BCUT2D eigenvalue weighted by molar-refractivity contribution is 0.114. The Morgan fingerprint density at radius 1 is 1.58 bits per heavy atom. The van der Waals surface area contributed by atoms with Crippen molar-refractivity contribution in [3.63, 3.8) is 0 Å². The Kier molecular flexibility index (Phi) is 5.75. The Balaban J connectivity index is 1.70. The fourth-order valence-corrected chi connectivity index (χ4v) is 2.36. The minimum Gasteiger partial charge on any atom is -0.376 e. The molecule has 0 bridgehead atoms. The summed E-state index contributed by atoms with van der Waals surface area (Å²) in [5, 5.41) is 7.70. The van der Waals surface area contributed by atoms with E-state index in [1.165, 1.54) is 0 Å². The van der Waals surface area contributed by atoms with Gasteiger partial charge in [0.05, 0.1) is 12.3 Å². The molecule has 1 heterocycles. The van der Waals surface area contributed by atoms with Crippen molar-refractivity contribution in [2.24, 2.45) is 5.10 Å². The van der Waals surface area contributed by atoms with Crippen molar-refractivity contribution in [1.82, 2.24) is 10.7 Å². The normalized spacial score (nSPS) is 18.7. The van der Waals surface area contributed by atoms with Gasteiger partial charge in [-0.1, -0.05) is 28.1 Å². The summed E-state index contributed by atoms with van der Waals surface area (Å²) >= 11 is 8.54. The average Bonchev–Trinajstić information content (AvgIpc) is 2.89.